The molecule has 0 aromatic heterocycles. The quantitative estimate of drug-likeness (QED) is 0.798. The average Bonchev–Trinajstić information content (AvgIpc) is 2.68. The molecule has 0 radical (unpaired) electrons. The number of carbonyl (C=O) groups excluding carboxylic acids is 2. The molecule has 0 saturated heterocycles. The predicted octanol–water partition coefficient (Wildman–Crippen LogP) is 3.82. The van der Waals surface area contributed by atoms with Gasteiger partial charge in [0.05, 0.1) is 6.61 Å². The van der Waals surface area contributed by atoms with Crippen molar-refractivity contribution in [3.8, 4) is 5.75 Å². The maximum Gasteiger partial charge on any atom is 0.246 e. The number of fused-ring (bicyclic) bond motifs is 1. The van der Waals surface area contributed by atoms with Gasteiger partial charge >= 0.3 is 0 Å². The lowest BCUT2D eigenvalue weighted by Gasteiger charge is -2.36. The van der Waals surface area contributed by atoms with E-state index in [2.05, 4.69) is 15.5 Å². The monoisotopic (exact) mass is 381 g/mol. The zero-order valence-corrected chi connectivity index (χ0v) is 16.6. The van der Waals surface area contributed by atoms with Crippen molar-refractivity contribution in [2.24, 2.45) is 0 Å². The highest BCUT2D eigenvalue weighted by Crippen LogP contribution is 2.34. The van der Waals surface area contributed by atoms with Crippen LogP contribution >= 0.6 is 0 Å². The lowest BCUT2D eigenvalue weighted by atomic mass is 9.98. The number of anilines is 3. The molecule has 2 aromatic carbocycles. The molecular formula is C22H27N3O3. The Balaban J connectivity index is 1.75. The van der Waals surface area contributed by atoms with Crippen molar-refractivity contribution in [3.05, 3.63) is 48.0 Å². The number of amides is 2. The minimum Gasteiger partial charge on any atom is -0.494 e. The van der Waals surface area contributed by atoms with E-state index >= 15 is 0 Å². The van der Waals surface area contributed by atoms with Gasteiger partial charge in [0.25, 0.3) is 0 Å². The minimum absolute atomic E-state index is 0.0676. The van der Waals surface area contributed by atoms with Gasteiger partial charge in [-0.15, -0.1) is 0 Å². The van der Waals surface area contributed by atoms with E-state index < -0.39 is 0 Å². The van der Waals surface area contributed by atoms with Crippen molar-refractivity contribution in [2.45, 2.75) is 39.7 Å². The van der Waals surface area contributed by atoms with Gasteiger partial charge in [0.2, 0.25) is 11.8 Å². The predicted molar refractivity (Wildman–Crippen MR) is 112 cm³/mol. The molecule has 2 amide bonds. The summed E-state index contributed by atoms with van der Waals surface area (Å²) in [6.45, 7) is 6.76. The molecule has 0 spiro atoms. The van der Waals surface area contributed by atoms with Gasteiger partial charge in [0.1, 0.15) is 11.8 Å². The van der Waals surface area contributed by atoms with Crippen LogP contribution in [0.2, 0.25) is 0 Å². The van der Waals surface area contributed by atoms with E-state index in [1.165, 1.54) is 6.92 Å². The summed E-state index contributed by atoms with van der Waals surface area (Å²) >= 11 is 0. The van der Waals surface area contributed by atoms with Gasteiger partial charge in [0.15, 0.2) is 0 Å². The van der Waals surface area contributed by atoms with Crippen LogP contribution in [-0.2, 0) is 16.0 Å². The zero-order chi connectivity index (χ0) is 20.1. The van der Waals surface area contributed by atoms with Crippen LogP contribution in [0.15, 0.2) is 42.5 Å². The van der Waals surface area contributed by atoms with Crippen LogP contribution < -0.4 is 20.3 Å². The van der Waals surface area contributed by atoms with Crippen LogP contribution in [-0.4, -0.2) is 31.0 Å². The Morgan fingerprint density at radius 1 is 1.14 bits per heavy atom. The van der Waals surface area contributed by atoms with Crippen molar-refractivity contribution in [2.75, 3.05) is 28.7 Å². The summed E-state index contributed by atoms with van der Waals surface area (Å²) in [6, 6.07) is 12.9. The number of carbonyl (C=O) groups is 2. The average molecular weight is 381 g/mol. The van der Waals surface area contributed by atoms with Crippen molar-refractivity contribution in [3.63, 3.8) is 0 Å². The summed E-state index contributed by atoms with van der Waals surface area (Å²) < 4.78 is 5.44. The van der Waals surface area contributed by atoms with Crippen molar-refractivity contribution >= 4 is 28.9 Å². The molecule has 3 rings (SSSR count). The maximum atomic E-state index is 12.8. The van der Waals surface area contributed by atoms with Crippen LogP contribution in [0, 0.1) is 0 Å². The number of benzene rings is 2. The van der Waals surface area contributed by atoms with E-state index in [-0.39, 0.29) is 17.9 Å². The second-order valence-corrected chi connectivity index (χ2v) is 6.90. The van der Waals surface area contributed by atoms with E-state index in [0.29, 0.717) is 6.61 Å². The van der Waals surface area contributed by atoms with Crippen LogP contribution in [0.4, 0.5) is 17.1 Å². The van der Waals surface area contributed by atoms with Crippen LogP contribution in [0.3, 0.4) is 0 Å². The number of nitrogens with one attached hydrogen (secondary N) is 2. The Morgan fingerprint density at radius 3 is 2.57 bits per heavy atom. The van der Waals surface area contributed by atoms with Gasteiger partial charge in [-0.1, -0.05) is 6.07 Å². The zero-order valence-electron chi connectivity index (χ0n) is 16.6. The SMILES string of the molecule is CCOc1ccc(NC(=O)[C@H](C)N2CCCc3c(NC(C)=O)cccc32)cc1. The Kier molecular flexibility index (Phi) is 6.19. The summed E-state index contributed by atoms with van der Waals surface area (Å²) in [5.41, 5.74) is 3.66. The Labute approximate surface area is 165 Å². The molecule has 2 aromatic rings. The lowest BCUT2D eigenvalue weighted by Crippen LogP contribution is -2.44. The number of nitrogens with zero attached hydrogens (tertiary/aromatic N) is 1. The number of ether oxygens (including phenoxy) is 1. The summed E-state index contributed by atoms with van der Waals surface area (Å²) in [5, 5.41) is 5.88. The molecule has 148 valence electrons. The molecule has 2 N–H and O–H groups in total. The topological polar surface area (TPSA) is 70.7 Å². The normalized spacial score (nSPS) is 14.0. The molecule has 6 heteroatoms. The van der Waals surface area contributed by atoms with Gasteiger partial charge in [-0.3, -0.25) is 9.59 Å². The first kappa shape index (κ1) is 19.7. The molecule has 0 unspecified atom stereocenters. The largest absolute Gasteiger partial charge is 0.494 e. The molecule has 6 nitrogen and oxygen atoms in total. The lowest BCUT2D eigenvalue weighted by molar-refractivity contribution is -0.117. The van der Waals surface area contributed by atoms with E-state index in [4.69, 9.17) is 4.74 Å². The number of hydrogen-bond acceptors (Lipinski definition) is 4. The van der Waals surface area contributed by atoms with E-state index in [0.717, 1.165) is 47.8 Å². The first-order chi connectivity index (χ1) is 13.5. The first-order valence-electron chi connectivity index (χ1n) is 9.69. The van der Waals surface area contributed by atoms with Crippen LogP contribution in [0.5, 0.6) is 5.75 Å². The number of hydrogen-bond donors (Lipinski definition) is 2. The fourth-order valence-electron chi connectivity index (χ4n) is 3.55. The molecule has 0 bridgehead atoms. The Hall–Kier alpha value is -3.02. The third-order valence-electron chi connectivity index (χ3n) is 4.88. The van der Waals surface area contributed by atoms with Crippen LogP contribution in [0.1, 0.15) is 32.8 Å². The second-order valence-electron chi connectivity index (χ2n) is 6.90. The van der Waals surface area contributed by atoms with E-state index in [1.807, 2.05) is 56.3 Å². The summed E-state index contributed by atoms with van der Waals surface area (Å²) in [6.07, 6.45) is 1.82. The molecule has 0 saturated carbocycles. The van der Waals surface area contributed by atoms with E-state index in [1.54, 1.807) is 0 Å². The van der Waals surface area contributed by atoms with Gasteiger partial charge < -0.3 is 20.3 Å². The molecule has 1 aliphatic heterocycles. The third-order valence-corrected chi connectivity index (χ3v) is 4.88. The maximum absolute atomic E-state index is 12.8. The van der Waals surface area contributed by atoms with Crippen LogP contribution in [0.25, 0.3) is 0 Å². The highest BCUT2D eigenvalue weighted by Gasteiger charge is 2.27. The molecule has 1 atom stereocenters. The van der Waals surface area contributed by atoms with Gasteiger partial charge in [0, 0.05) is 30.5 Å². The third kappa shape index (κ3) is 4.44. The summed E-state index contributed by atoms with van der Waals surface area (Å²) in [5.74, 6) is 0.623. The van der Waals surface area contributed by atoms with Crippen molar-refractivity contribution in [1.29, 1.82) is 0 Å². The summed E-state index contributed by atoms with van der Waals surface area (Å²) in [7, 11) is 0. The Bertz CT molecular complexity index is 849. The molecule has 1 aliphatic rings. The Morgan fingerprint density at radius 2 is 1.89 bits per heavy atom. The minimum atomic E-state index is -0.335. The standard InChI is InChI=1S/C22H27N3O3/c1-4-28-18-12-10-17(11-13-18)24-22(27)15(2)25-14-6-7-19-20(23-16(3)26)8-5-9-21(19)25/h5,8-13,15H,4,6-7,14H2,1-3H3,(H,23,26)(H,24,27)/t15-/m0/s1. The first-order valence-corrected chi connectivity index (χ1v) is 9.69. The summed E-state index contributed by atoms with van der Waals surface area (Å²) in [4.78, 5) is 26.4. The highest BCUT2D eigenvalue weighted by atomic mass is 16.5. The molecule has 0 fully saturated rings. The van der Waals surface area contributed by atoms with E-state index in [9.17, 15) is 9.59 Å². The molecule has 0 aliphatic carbocycles. The molecule has 1 heterocycles. The number of rotatable bonds is 6. The van der Waals surface area contributed by atoms with Gasteiger partial charge in [-0.05, 0) is 68.7 Å². The van der Waals surface area contributed by atoms with Crippen molar-refractivity contribution < 1.29 is 14.3 Å². The van der Waals surface area contributed by atoms with Crippen molar-refractivity contribution in [1.82, 2.24) is 0 Å². The van der Waals surface area contributed by atoms with Gasteiger partial charge in [-0.2, -0.15) is 0 Å². The highest BCUT2D eigenvalue weighted by molar-refractivity contribution is 5.97. The molecule has 28 heavy (non-hydrogen) atoms. The smallest absolute Gasteiger partial charge is 0.246 e. The fourth-order valence-corrected chi connectivity index (χ4v) is 3.55. The second kappa shape index (κ2) is 8.78. The molecular weight excluding hydrogens is 354 g/mol. The van der Waals surface area contributed by atoms with Gasteiger partial charge in [-0.25, -0.2) is 0 Å². The fraction of sp³-hybridized carbons (Fsp3) is 0.364.